The van der Waals surface area contributed by atoms with E-state index in [9.17, 15) is 18.3 Å². The maximum Gasteiger partial charge on any atom is 0.435 e. The number of hydrogen-bond donors (Lipinski definition) is 2. The van der Waals surface area contributed by atoms with Crippen molar-refractivity contribution in [2.24, 2.45) is 0 Å². The number of aliphatic hydroxyl groups is 1. The number of hydrazine groups is 1. The highest BCUT2D eigenvalue weighted by Crippen LogP contribution is 2.45. The fraction of sp³-hybridized carbons (Fsp3) is 0.320. The number of aromatic nitrogens is 6. The summed E-state index contributed by atoms with van der Waals surface area (Å²) in [6, 6.07) is 7.77. The van der Waals surface area contributed by atoms with Crippen molar-refractivity contribution < 1.29 is 23.0 Å². The summed E-state index contributed by atoms with van der Waals surface area (Å²) >= 11 is 0. The molecule has 0 atom stereocenters. The summed E-state index contributed by atoms with van der Waals surface area (Å²) in [7, 11) is 1.56. The van der Waals surface area contributed by atoms with E-state index in [1.54, 1.807) is 37.6 Å². The molecule has 38 heavy (non-hydrogen) atoms. The van der Waals surface area contributed by atoms with Gasteiger partial charge in [-0.05, 0) is 36.6 Å². The molecule has 13 heteroatoms. The Labute approximate surface area is 215 Å². The molecule has 0 radical (unpaired) electrons. The van der Waals surface area contributed by atoms with Crippen LogP contribution in [0.15, 0.2) is 42.9 Å². The normalized spacial score (nSPS) is 15.1. The molecule has 0 unspecified atom stereocenters. The molecule has 196 valence electrons. The molecule has 1 aromatic carbocycles. The second-order valence-electron chi connectivity index (χ2n) is 9.14. The molecule has 0 bridgehead atoms. The molecule has 1 aliphatic carbocycles. The first kappa shape index (κ1) is 24.2. The van der Waals surface area contributed by atoms with Crippen LogP contribution in [0.2, 0.25) is 0 Å². The highest BCUT2D eigenvalue weighted by molar-refractivity contribution is 5.68. The van der Waals surface area contributed by atoms with Crippen LogP contribution < -0.4 is 15.2 Å². The summed E-state index contributed by atoms with van der Waals surface area (Å²) in [5.41, 5.74) is 6.13. The van der Waals surface area contributed by atoms with Crippen LogP contribution in [0.3, 0.4) is 0 Å². The van der Waals surface area contributed by atoms with E-state index in [-0.39, 0.29) is 5.69 Å². The maximum absolute atomic E-state index is 13.1. The van der Waals surface area contributed by atoms with E-state index in [1.165, 1.54) is 6.33 Å². The van der Waals surface area contributed by atoms with Crippen LogP contribution >= 0.6 is 0 Å². The molecule has 6 rings (SSSR count). The van der Waals surface area contributed by atoms with Crippen molar-refractivity contribution in [3.05, 3.63) is 71.1 Å². The third kappa shape index (κ3) is 4.43. The van der Waals surface area contributed by atoms with Gasteiger partial charge in [0, 0.05) is 24.2 Å². The first-order valence-corrected chi connectivity index (χ1v) is 12.0. The quantitative estimate of drug-likeness (QED) is 0.375. The largest absolute Gasteiger partial charge is 0.480 e. The molecule has 1 fully saturated rings. The first-order chi connectivity index (χ1) is 18.4. The van der Waals surface area contributed by atoms with Gasteiger partial charge in [-0.15, -0.1) is 0 Å². The number of rotatable bonds is 7. The minimum absolute atomic E-state index is 0.0512. The topological polar surface area (TPSA) is 114 Å². The zero-order valence-corrected chi connectivity index (χ0v) is 20.3. The van der Waals surface area contributed by atoms with Gasteiger partial charge in [0.05, 0.1) is 37.3 Å². The number of aliphatic hydroxyl groups excluding tert-OH is 1. The number of anilines is 1. The predicted molar refractivity (Wildman–Crippen MR) is 129 cm³/mol. The fourth-order valence-corrected chi connectivity index (χ4v) is 4.50. The van der Waals surface area contributed by atoms with E-state index in [0.717, 1.165) is 46.2 Å². The van der Waals surface area contributed by atoms with Gasteiger partial charge in [-0.1, -0.05) is 12.1 Å². The predicted octanol–water partition coefficient (Wildman–Crippen LogP) is 3.54. The smallest absolute Gasteiger partial charge is 0.435 e. The van der Waals surface area contributed by atoms with Gasteiger partial charge in [0.15, 0.2) is 17.3 Å². The van der Waals surface area contributed by atoms with Crippen molar-refractivity contribution in [2.75, 3.05) is 12.1 Å². The molecule has 1 saturated carbocycles. The van der Waals surface area contributed by atoms with E-state index in [2.05, 4.69) is 25.5 Å². The van der Waals surface area contributed by atoms with Gasteiger partial charge in [0.2, 0.25) is 5.88 Å². The lowest BCUT2D eigenvalue weighted by Crippen LogP contribution is -2.31. The second kappa shape index (κ2) is 9.33. The van der Waals surface area contributed by atoms with Crippen LogP contribution in [0.1, 0.15) is 47.0 Å². The Morgan fingerprint density at radius 2 is 1.92 bits per heavy atom. The number of nitrogens with one attached hydrogen (secondary N) is 1. The lowest BCUT2D eigenvalue weighted by atomic mass is 10.1. The summed E-state index contributed by atoms with van der Waals surface area (Å²) in [5.74, 6) is 1.99. The standard InChI is InChI=1S/C25H23F3N8O2/c1-38-24-20(21(15-4-5-15)30-13-31-24)22-29-9-16-10-32-35(23(16)33-22)11-14-2-6-17(7-3-14)36-18(12-37)8-19(34-36)25(26,27)28/h2-3,6-9,13,15,32,37H,4-5,10-12H2,1H3. The summed E-state index contributed by atoms with van der Waals surface area (Å²) < 4.78 is 45.9. The van der Waals surface area contributed by atoms with Crippen molar-refractivity contribution in [1.29, 1.82) is 0 Å². The molecule has 3 aromatic heterocycles. The van der Waals surface area contributed by atoms with Crippen LogP contribution in [-0.4, -0.2) is 41.9 Å². The number of alkyl halides is 3. The Kier molecular flexibility index (Phi) is 5.95. The van der Waals surface area contributed by atoms with Crippen LogP contribution in [0.25, 0.3) is 17.1 Å². The van der Waals surface area contributed by atoms with Gasteiger partial charge in [-0.25, -0.2) is 30.0 Å². The van der Waals surface area contributed by atoms with Crippen LogP contribution in [0.4, 0.5) is 19.0 Å². The summed E-state index contributed by atoms with van der Waals surface area (Å²) in [6.07, 6.45) is 0.788. The Balaban J connectivity index is 1.26. The van der Waals surface area contributed by atoms with E-state index < -0.39 is 18.5 Å². The summed E-state index contributed by atoms with van der Waals surface area (Å²) in [5, 5.41) is 15.0. The molecule has 10 nitrogen and oxygen atoms in total. The average molecular weight is 525 g/mol. The number of nitrogens with zero attached hydrogens (tertiary/aromatic N) is 7. The van der Waals surface area contributed by atoms with Crippen LogP contribution in [0, 0.1) is 0 Å². The van der Waals surface area contributed by atoms with Gasteiger partial charge in [0.1, 0.15) is 11.9 Å². The Bertz CT molecular complexity index is 1490. The zero-order chi connectivity index (χ0) is 26.4. The molecule has 4 aromatic rings. The van der Waals surface area contributed by atoms with E-state index in [0.29, 0.717) is 42.0 Å². The van der Waals surface area contributed by atoms with Crippen LogP contribution in [0.5, 0.6) is 5.88 Å². The molecule has 1 aliphatic heterocycles. The van der Waals surface area contributed by atoms with Crippen molar-refractivity contribution >= 4 is 5.82 Å². The molecule has 2 N–H and O–H groups in total. The summed E-state index contributed by atoms with van der Waals surface area (Å²) in [6.45, 7) is 0.432. The Morgan fingerprint density at radius 1 is 1.13 bits per heavy atom. The lowest BCUT2D eigenvalue weighted by Gasteiger charge is -2.19. The molecule has 0 saturated heterocycles. The fourth-order valence-electron chi connectivity index (χ4n) is 4.50. The zero-order valence-electron chi connectivity index (χ0n) is 20.3. The number of halogens is 3. The van der Waals surface area contributed by atoms with Crippen molar-refractivity contribution in [3.8, 4) is 23.0 Å². The summed E-state index contributed by atoms with van der Waals surface area (Å²) in [4.78, 5) is 18.2. The number of methoxy groups -OCH3 is 1. The van der Waals surface area contributed by atoms with Gasteiger partial charge in [-0.3, -0.25) is 5.01 Å². The monoisotopic (exact) mass is 524 g/mol. The van der Waals surface area contributed by atoms with Gasteiger partial charge in [-0.2, -0.15) is 18.3 Å². The SMILES string of the molecule is COc1ncnc(C2CC2)c1-c1ncc2c(n1)N(Cc1ccc(-n3nc(C(F)(F)F)cc3CO)cc1)NC2. The maximum atomic E-state index is 13.1. The van der Waals surface area contributed by atoms with Gasteiger partial charge < -0.3 is 9.84 Å². The second-order valence-corrected chi connectivity index (χ2v) is 9.14. The third-order valence-electron chi connectivity index (χ3n) is 6.54. The number of hydrogen-bond acceptors (Lipinski definition) is 9. The Hall–Kier alpha value is -4.10. The molecular formula is C25H23F3N8O2. The van der Waals surface area contributed by atoms with Crippen molar-refractivity contribution in [3.63, 3.8) is 0 Å². The van der Waals surface area contributed by atoms with Gasteiger partial charge >= 0.3 is 6.18 Å². The highest BCUT2D eigenvalue weighted by Gasteiger charge is 2.35. The van der Waals surface area contributed by atoms with E-state index in [4.69, 9.17) is 9.72 Å². The number of fused-ring (bicyclic) bond motifs is 1. The average Bonchev–Trinajstić information content (AvgIpc) is 3.55. The first-order valence-electron chi connectivity index (χ1n) is 12.0. The lowest BCUT2D eigenvalue weighted by molar-refractivity contribution is -0.141. The van der Waals surface area contributed by atoms with Crippen LogP contribution in [-0.2, 0) is 25.9 Å². The molecule has 0 amide bonds. The van der Waals surface area contributed by atoms with Gasteiger partial charge in [0.25, 0.3) is 0 Å². The van der Waals surface area contributed by atoms with Crippen molar-refractivity contribution in [1.82, 2.24) is 35.1 Å². The minimum atomic E-state index is -4.60. The highest BCUT2D eigenvalue weighted by atomic mass is 19.4. The van der Waals surface area contributed by atoms with E-state index >= 15 is 0 Å². The molecule has 2 aliphatic rings. The van der Waals surface area contributed by atoms with E-state index in [1.807, 2.05) is 5.01 Å². The van der Waals surface area contributed by atoms with Crippen molar-refractivity contribution in [2.45, 2.75) is 44.6 Å². The molecule has 0 spiro atoms. The number of ether oxygens (including phenoxy) is 1. The minimum Gasteiger partial charge on any atom is -0.480 e. The number of benzene rings is 1. The molecule has 4 heterocycles. The Morgan fingerprint density at radius 3 is 2.61 bits per heavy atom. The molecular weight excluding hydrogens is 501 g/mol. The third-order valence-corrected chi connectivity index (χ3v) is 6.54.